The van der Waals surface area contributed by atoms with Gasteiger partial charge in [0.15, 0.2) is 0 Å². The summed E-state index contributed by atoms with van der Waals surface area (Å²) in [5, 5.41) is 2.45. The molecule has 1 atom stereocenters. The Kier molecular flexibility index (Phi) is 3.63. The molecule has 0 radical (unpaired) electrons. The van der Waals surface area contributed by atoms with E-state index in [1.165, 1.54) is 11.3 Å². The third kappa shape index (κ3) is 2.64. The summed E-state index contributed by atoms with van der Waals surface area (Å²) in [5.74, 6) is 0.474. The van der Waals surface area contributed by atoms with E-state index in [0.29, 0.717) is 16.5 Å². The average molecular weight is 272 g/mol. The minimum absolute atomic E-state index is 0.474. The van der Waals surface area contributed by atoms with Crippen LogP contribution in [0.15, 0.2) is 39.9 Å². The predicted octanol–water partition coefficient (Wildman–Crippen LogP) is 3.29. The van der Waals surface area contributed by atoms with Crippen LogP contribution in [0.5, 0.6) is 0 Å². The van der Waals surface area contributed by atoms with E-state index in [4.69, 9.17) is 17.3 Å². The van der Waals surface area contributed by atoms with Crippen LogP contribution in [0.25, 0.3) is 0 Å². The zero-order valence-corrected chi connectivity index (χ0v) is 10.7. The molecule has 0 aliphatic heterocycles. The first-order valence-corrected chi connectivity index (χ1v) is 7.20. The van der Waals surface area contributed by atoms with Crippen LogP contribution < -0.4 is 5.73 Å². The van der Waals surface area contributed by atoms with Crippen molar-refractivity contribution >= 4 is 39.4 Å². The van der Waals surface area contributed by atoms with Gasteiger partial charge < -0.3 is 5.73 Å². The summed E-state index contributed by atoms with van der Waals surface area (Å²) in [5.41, 5.74) is 7.16. The van der Waals surface area contributed by atoms with Gasteiger partial charge in [0.05, 0.1) is 31.5 Å². The Balaban J connectivity index is 2.15. The fourth-order valence-electron chi connectivity index (χ4n) is 1.30. The van der Waals surface area contributed by atoms with Gasteiger partial charge >= 0.3 is 0 Å². The summed E-state index contributed by atoms with van der Waals surface area (Å²) in [6.45, 7) is 0. The molecule has 0 aliphatic rings. The third-order valence-electron chi connectivity index (χ3n) is 2.08. The number of thiophene rings is 1. The molecule has 2 N–H and O–H groups in total. The van der Waals surface area contributed by atoms with Crippen molar-refractivity contribution in [1.82, 2.24) is 0 Å². The molecule has 1 heterocycles. The van der Waals surface area contributed by atoms with E-state index >= 15 is 0 Å². The fraction of sp³-hybridized carbons (Fsp3) is 0.0909. The molecular formula is C11H10ClNOS2. The number of nitrogen functional groups attached to an aromatic ring is 1. The Labute approximate surface area is 106 Å². The molecule has 2 aromatic rings. The lowest BCUT2D eigenvalue weighted by molar-refractivity contribution is 0.684. The van der Waals surface area contributed by atoms with Crippen LogP contribution in [0.2, 0.25) is 5.02 Å². The normalized spacial score (nSPS) is 12.6. The third-order valence-corrected chi connectivity index (χ3v) is 5.11. The van der Waals surface area contributed by atoms with Crippen molar-refractivity contribution in [3.05, 3.63) is 46.3 Å². The summed E-state index contributed by atoms with van der Waals surface area (Å²) in [6.07, 6.45) is 0. The number of halogens is 1. The standard InChI is InChI=1S/C11H10ClNOS2/c12-9-4-3-8(6-10(9)13)7-16(14)11-2-1-5-15-11/h1-6H,7,13H2. The van der Waals surface area contributed by atoms with E-state index < -0.39 is 10.8 Å². The highest BCUT2D eigenvalue weighted by Crippen LogP contribution is 2.22. The average Bonchev–Trinajstić information content (AvgIpc) is 2.77. The lowest BCUT2D eigenvalue weighted by atomic mass is 10.2. The molecule has 2 nitrogen and oxygen atoms in total. The molecule has 0 amide bonds. The Morgan fingerprint density at radius 2 is 2.19 bits per heavy atom. The van der Waals surface area contributed by atoms with Gasteiger partial charge in [0.25, 0.3) is 0 Å². The van der Waals surface area contributed by atoms with Crippen molar-refractivity contribution < 1.29 is 4.21 Å². The highest BCUT2D eigenvalue weighted by atomic mass is 35.5. The van der Waals surface area contributed by atoms with E-state index in [2.05, 4.69) is 0 Å². The van der Waals surface area contributed by atoms with Gasteiger partial charge in [0.1, 0.15) is 0 Å². The molecule has 0 bridgehead atoms. The maximum absolute atomic E-state index is 11.9. The van der Waals surface area contributed by atoms with Crippen LogP contribution in [0, 0.1) is 0 Å². The van der Waals surface area contributed by atoms with Crippen LogP contribution in [0.1, 0.15) is 5.56 Å². The highest BCUT2D eigenvalue weighted by Gasteiger charge is 2.07. The number of anilines is 1. The van der Waals surface area contributed by atoms with Crippen LogP contribution in [-0.4, -0.2) is 4.21 Å². The smallest absolute Gasteiger partial charge is 0.0913 e. The number of hydrogen-bond donors (Lipinski definition) is 1. The van der Waals surface area contributed by atoms with Gasteiger partial charge in [-0.15, -0.1) is 11.3 Å². The summed E-state index contributed by atoms with van der Waals surface area (Å²) in [4.78, 5) is 0. The predicted molar refractivity (Wildman–Crippen MR) is 70.3 cm³/mol. The van der Waals surface area contributed by atoms with Crippen molar-refractivity contribution in [1.29, 1.82) is 0 Å². The van der Waals surface area contributed by atoms with Gasteiger partial charge in [-0.2, -0.15) is 0 Å². The molecule has 0 saturated carbocycles. The van der Waals surface area contributed by atoms with Gasteiger partial charge in [0, 0.05) is 0 Å². The number of benzene rings is 1. The maximum Gasteiger partial charge on any atom is 0.0913 e. The second-order valence-electron chi connectivity index (χ2n) is 3.28. The first kappa shape index (κ1) is 11.6. The molecule has 84 valence electrons. The van der Waals surface area contributed by atoms with E-state index in [0.717, 1.165) is 9.77 Å². The van der Waals surface area contributed by atoms with Crippen LogP contribution in [0.4, 0.5) is 5.69 Å². The Hall–Kier alpha value is -0.840. The lowest BCUT2D eigenvalue weighted by Crippen LogP contribution is -1.96. The molecular weight excluding hydrogens is 262 g/mol. The Morgan fingerprint density at radius 1 is 1.38 bits per heavy atom. The number of nitrogens with two attached hydrogens (primary N) is 1. The van der Waals surface area contributed by atoms with E-state index in [-0.39, 0.29) is 0 Å². The van der Waals surface area contributed by atoms with Gasteiger partial charge in [-0.1, -0.05) is 23.7 Å². The lowest BCUT2D eigenvalue weighted by Gasteiger charge is -2.03. The molecule has 16 heavy (non-hydrogen) atoms. The molecule has 5 heteroatoms. The molecule has 1 unspecified atom stereocenters. The molecule has 0 spiro atoms. The quantitative estimate of drug-likeness (QED) is 0.871. The Bertz CT molecular complexity index is 511. The number of rotatable bonds is 3. The highest BCUT2D eigenvalue weighted by molar-refractivity contribution is 7.86. The van der Waals surface area contributed by atoms with Crippen LogP contribution >= 0.6 is 22.9 Å². The van der Waals surface area contributed by atoms with Gasteiger partial charge in [-0.3, -0.25) is 4.21 Å². The monoisotopic (exact) mass is 271 g/mol. The van der Waals surface area contributed by atoms with Crippen LogP contribution in [-0.2, 0) is 16.6 Å². The molecule has 1 aromatic carbocycles. The second-order valence-corrected chi connectivity index (χ2v) is 6.31. The minimum Gasteiger partial charge on any atom is -0.398 e. The maximum atomic E-state index is 11.9. The van der Waals surface area contributed by atoms with E-state index in [9.17, 15) is 4.21 Å². The summed E-state index contributed by atoms with van der Waals surface area (Å²) >= 11 is 7.32. The van der Waals surface area contributed by atoms with Crippen molar-refractivity contribution in [2.45, 2.75) is 9.96 Å². The molecule has 2 rings (SSSR count). The zero-order chi connectivity index (χ0) is 11.5. The Morgan fingerprint density at radius 3 is 2.81 bits per heavy atom. The molecule has 0 aliphatic carbocycles. The van der Waals surface area contributed by atoms with Gasteiger partial charge in [-0.05, 0) is 29.1 Å². The first-order valence-electron chi connectivity index (χ1n) is 4.62. The van der Waals surface area contributed by atoms with Crippen LogP contribution in [0.3, 0.4) is 0 Å². The molecule has 1 aromatic heterocycles. The SMILES string of the molecule is Nc1cc(CS(=O)c2cccs2)ccc1Cl. The van der Waals surface area contributed by atoms with E-state index in [1.54, 1.807) is 12.1 Å². The van der Waals surface area contributed by atoms with Crippen molar-refractivity contribution in [3.63, 3.8) is 0 Å². The van der Waals surface area contributed by atoms with Crippen molar-refractivity contribution in [2.24, 2.45) is 0 Å². The van der Waals surface area contributed by atoms with Crippen molar-refractivity contribution in [2.75, 3.05) is 5.73 Å². The number of hydrogen-bond acceptors (Lipinski definition) is 3. The van der Waals surface area contributed by atoms with Gasteiger partial charge in [-0.25, -0.2) is 0 Å². The minimum atomic E-state index is -0.998. The fourth-order valence-corrected chi connectivity index (χ4v) is 3.49. The van der Waals surface area contributed by atoms with E-state index in [1.807, 2.05) is 23.6 Å². The van der Waals surface area contributed by atoms with Gasteiger partial charge in [0.2, 0.25) is 0 Å². The molecule has 0 saturated heterocycles. The largest absolute Gasteiger partial charge is 0.398 e. The summed E-state index contributed by atoms with van der Waals surface area (Å²) in [7, 11) is -0.998. The second kappa shape index (κ2) is 4.99. The topological polar surface area (TPSA) is 43.1 Å². The van der Waals surface area contributed by atoms with Crippen molar-refractivity contribution in [3.8, 4) is 0 Å². The first-order chi connectivity index (χ1) is 7.66. The molecule has 0 fully saturated rings. The zero-order valence-electron chi connectivity index (χ0n) is 8.35. The summed E-state index contributed by atoms with van der Waals surface area (Å²) < 4.78 is 12.8. The summed E-state index contributed by atoms with van der Waals surface area (Å²) in [6, 6.07) is 9.13.